The van der Waals surface area contributed by atoms with Gasteiger partial charge in [0.1, 0.15) is 11.6 Å². The largest absolute Gasteiger partial charge is 0.497 e. The van der Waals surface area contributed by atoms with E-state index < -0.39 is 0 Å². The van der Waals surface area contributed by atoms with E-state index in [4.69, 9.17) is 19.2 Å². The van der Waals surface area contributed by atoms with Gasteiger partial charge in [0.05, 0.1) is 31.9 Å². The van der Waals surface area contributed by atoms with E-state index in [1.807, 2.05) is 53.4 Å². The second-order valence-corrected chi connectivity index (χ2v) is 9.98. The summed E-state index contributed by atoms with van der Waals surface area (Å²) in [4.78, 5) is 23.5. The van der Waals surface area contributed by atoms with Crippen molar-refractivity contribution in [2.45, 2.75) is 25.5 Å². The lowest BCUT2D eigenvalue weighted by Gasteiger charge is -2.32. The van der Waals surface area contributed by atoms with Gasteiger partial charge in [-0.2, -0.15) is 0 Å². The molecule has 6 rings (SSSR count). The molecule has 3 aromatic carbocycles. The van der Waals surface area contributed by atoms with E-state index in [9.17, 15) is 4.79 Å². The number of aromatic nitrogens is 1. The summed E-state index contributed by atoms with van der Waals surface area (Å²) in [7, 11) is 1.67. The molecule has 0 saturated carbocycles. The summed E-state index contributed by atoms with van der Waals surface area (Å²) in [5.41, 5.74) is 2.62. The van der Waals surface area contributed by atoms with Gasteiger partial charge in [0.15, 0.2) is 0 Å². The van der Waals surface area contributed by atoms with E-state index >= 15 is 0 Å². The summed E-state index contributed by atoms with van der Waals surface area (Å²) >= 11 is 0. The van der Waals surface area contributed by atoms with Crippen molar-refractivity contribution in [2.75, 3.05) is 51.5 Å². The van der Waals surface area contributed by atoms with E-state index in [0.29, 0.717) is 31.9 Å². The van der Waals surface area contributed by atoms with Crippen LogP contribution in [0.5, 0.6) is 5.75 Å². The third kappa shape index (κ3) is 5.04. The van der Waals surface area contributed by atoms with Crippen molar-refractivity contribution in [1.29, 1.82) is 0 Å². The molecule has 1 atom stereocenters. The maximum atomic E-state index is 14.2. The summed E-state index contributed by atoms with van der Waals surface area (Å²) in [5.74, 6) is 1.69. The van der Waals surface area contributed by atoms with Gasteiger partial charge in [-0.1, -0.05) is 36.4 Å². The first-order chi connectivity index (χ1) is 18.7. The topological polar surface area (TPSA) is 64.1 Å². The molecule has 196 valence electrons. The van der Waals surface area contributed by atoms with Crippen molar-refractivity contribution in [3.8, 4) is 5.75 Å². The van der Waals surface area contributed by atoms with E-state index in [1.165, 1.54) is 0 Å². The third-order valence-corrected chi connectivity index (χ3v) is 7.51. The zero-order chi connectivity index (χ0) is 25.9. The zero-order valence-corrected chi connectivity index (χ0v) is 21.8. The van der Waals surface area contributed by atoms with Crippen LogP contribution in [0.25, 0.3) is 21.7 Å². The molecule has 2 fully saturated rings. The molecular formula is C31H33N3O4. The van der Waals surface area contributed by atoms with Crippen molar-refractivity contribution in [2.24, 2.45) is 0 Å². The van der Waals surface area contributed by atoms with Gasteiger partial charge in [-0.25, -0.2) is 4.98 Å². The van der Waals surface area contributed by atoms with Crippen LogP contribution in [-0.2, 0) is 16.0 Å². The van der Waals surface area contributed by atoms with Gasteiger partial charge >= 0.3 is 0 Å². The summed E-state index contributed by atoms with van der Waals surface area (Å²) in [6.07, 6.45) is 2.03. The van der Waals surface area contributed by atoms with Gasteiger partial charge in [-0.15, -0.1) is 0 Å². The lowest BCUT2D eigenvalue weighted by molar-refractivity contribution is 0.0508. The Morgan fingerprint density at radius 2 is 1.87 bits per heavy atom. The van der Waals surface area contributed by atoms with Crippen molar-refractivity contribution in [1.82, 2.24) is 9.88 Å². The third-order valence-electron chi connectivity index (χ3n) is 7.51. The van der Waals surface area contributed by atoms with Gasteiger partial charge in [-0.3, -0.25) is 4.79 Å². The minimum absolute atomic E-state index is 0.0139. The average Bonchev–Trinajstić information content (AvgIpc) is 3.49. The van der Waals surface area contributed by atoms with Crippen LogP contribution < -0.4 is 9.64 Å². The van der Waals surface area contributed by atoms with Crippen molar-refractivity contribution >= 4 is 33.4 Å². The highest BCUT2D eigenvalue weighted by Crippen LogP contribution is 2.30. The van der Waals surface area contributed by atoms with Gasteiger partial charge in [0, 0.05) is 55.4 Å². The van der Waals surface area contributed by atoms with Crippen molar-refractivity contribution in [3.05, 3.63) is 77.9 Å². The number of hydrogen-bond acceptors (Lipinski definition) is 6. The van der Waals surface area contributed by atoms with Gasteiger partial charge < -0.3 is 24.0 Å². The molecule has 0 N–H and O–H groups in total. The number of morpholine rings is 1. The molecule has 1 aromatic heterocycles. The van der Waals surface area contributed by atoms with E-state index in [2.05, 4.69) is 23.1 Å². The Morgan fingerprint density at radius 1 is 1.03 bits per heavy atom. The lowest BCUT2D eigenvalue weighted by Crippen LogP contribution is -2.40. The highest BCUT2D eigenvalue weighted by molar-refractivity contribution is 6.07. The SMILES string of the molecule is COc1ccc2cc(CN(CC3CCCO3)C(=O)c3cccc4ccccc34)c(N3CCOCC3)nc2c1. The minimum Gasteiger partial charge on any atom is -0.497 e. The quantitative estimate of drug-likeness (QED) is 0.346. The number of hydrogen-bond donors (Lipinski definition) is 0. The smallest absolute Gasteiger partial charge is 0.254 e. The molecule has 4 aromatic rings. The molecule has 3 heterocycles. The molecule has 0 spiro atoms. The second-order valence-electron chi connectivity index (χ2n) is 9.98. The predicted octanol–water partition coefficient (Wildman–Crippen LogP) is 5.05. The number of rotatable bonds is 7. The molecule has 1 amide bonds. The van der Waals surface area contributed by atoms with Crippen LogP contribution in [0.4, 0.5) is 5.82 Å². The molecule has 0 radical (unpaired) electrons. The Hall–Kier alpha value is -3.68. The minimum atomic E-state index is 0.0139. The fourth-order valence-electron chi connectivity index (χ4n) is 5.51. The number of methoxy groups -OCH3 is 1. The standard InChI is InChI=1S/C31H33N3O4/c1-36-25-12-11-23-18-24(30(32-29(23)19-25)33-13-16-37-17-14-33)20-34(21-26-8-5-15-38-26)31(35)28-10-4-7-22-6-2-3-9-27(22)28/h2-4,6-7,9-12,18-19,26H,5,8,13-17,20-21H2,1H3. The van der Waals surface area contributed by atoms with E-state index in [-0.39, 0.29) is 12.0 Å². The van der Waals surface area contributed by atoms with Gasteiger partial charge in [0.25, 0.3) is 5.91 Å². The number of carbonyl (C=O) groups is 1. The van der Waals surface area contributed by atoms with Crippen LogP contribution in [0.3, 0.4) is 0 Å². The van der Waals surface area contributed by atoms with Crippen LogP contribution in [-0.4, -0.2) is 68.5 Å². The maximum absolute atomic E-state index is 14.2. The number of pyridine rings is 1. The Kier molecular flexibility index (Phi) is 7.12. The second kappa shape index (κ2) is 11.0. The number of ether oxygens (including phenoxy) is 3. The molecule has 7 nitrogen and oxygen atoms in total. The Labute approximate surface area is 222 Å². The number of anilines is 1. The van der Waals surface area contributed by atoms with Crippen molar-refractivity contribution < 1.29 is 19.0 Å². The normalized spacial score (nSPS) is 17.7. The van der Waals surface area contributed by atoms with Crippen LogP contribution in [0.15, 0.2) is 66.7 Å². The molecule has 2 aliphatic rings. The summed E-state index contributed by atoms with van der Waals surface area (Å²) in [5, 5.41) is 3.05. The van der Waals surface area contributed by atoms with Crippen LogP contribution >= 0.6 is 0 Å². The zero-order valence-electron chi connectivity index (χ0n) is 21.8. The van der Waals surface area contributed by atoms with Crippen LogP contribution in [0.2, 0.25) is 0 Å². The Balaban J connectivity index is 1.41. The highest BCUT2D eigenvalue weighted by Gasteiger charge is 2.27. The van der Waals surface area contributed by atoms with E-state index in [1.54, 1.807) is 7.11 Å². The molecule has 0 bridgehead atoms. The number of carbonyl (C=O) groups excluding carboxylic acids is 1. The molecular weight excluding hydrogens is 478 g/mol. The predicted molar refractivity (Wildman–Crippen MR) is 149 cm³/mol. The monoisotopic (exact) mass is 511 g/mol. The number of fused-ring (bicyclic) bond motifs is 2. The first-order valence-corrected chi connectivity index (χ1v) is 13.4. The van der Waals surface area contributed by atoms with Gasteiger partial charge in [0.2, 0.25) is 0 Å². The Morgan fingerprint density at radius 3 is 2.68 bits per heavy atom. The highest BCUT2D eigenvalue weighted by atomic mass is 16.5. The lowest BCUT2D eigenvalue weighted by atomic mass is 10.0. The molecule has 1 unspecified atom stereocenters. The van der Waals surface area contributed by atoms with Gasteiger partial charge in [-0.05, 0) is 47.9 Å². The van der Waals surface area contributed by atoms with Crippen LogP contribution in [0, 0.1) is 0 Å². The first-order valence-electron chi connectivity index (χ1n) is 13.4. The number of benzene rings is 3. The Bertz CT molecular complexity index is 1440. The summed E-state index contributed by atoms with van der Waals surface area (Å²) < 4.78 is 17.1. The summed E-state index contributed by atoms with van der Waals surface area (Å²) in [6.45, 7) is 4.59. The summed E-state index contributed by atoms with van der Waals surface area (Å²) in [6, 6.07) is 22.1. The van der Waals surface area contributed by atoms with Crippen molar-refractivity contribution in [3.63, 3.8) is 0 Å². The number of nitrogens with zero attached hydrogens (tertiary/aromatic N) is 3. The van der Waals surface area contributed by atoms with Crippen LogP contribution in [0.1, 0.15) is 28.8 Å². The first kappa shape index (κ1) is 24.6. The number of amides is 1. The molecule has 2 aliphatic heterocycles. The molecule has 2 saturated heterocycles. The molecule has 0 aliphatic carbocycles. The molecule has 7 heteroatoms. The molecule has 38 heavy (non-hydrogen) atoms. The fraction of sp³-hybridized carbons (Fsp3) is 0.355. The average molecular weight is 512 g/mol. The fourth-order valence-corrected chi connectivity index (χ4v) is 5.51. The maximum Gasteiger partial charge on any atom is 0.254 e. The van der Waals surface area contributed by atoms with E-state index in [0.717, 1.165) is 71.3 Å².